The van der Waals surface area contributed by atoms with Gasteiger partial charge in [0.25, 0.3) is 0 Å². The van der Waals surface area contributed by atoms with Crippen LogP contribution in [0.15, 0.2) is 29.8 Å². The van der Waals surface area contributed by atoms with Gasteiger partial charge in [0.1, 0.15) is 11.6 Å². The molecule has 0 aliphatic heterocycles. The lowest BCUT2D eigenvalue weighted by Gasteiger charge is -2.17. The molecule has 1 aromatic carbocycles. The molecule has 0 fully saturated rings. The zero-order chi connectivity index (χ0) is 13.1. The highest BCUT2D eigenvalue weighted by Gasteiger charge is 2.16. The molecule has 0 spiro atoms. The number of Topliss-reactive ketones (excluding diaryl/α,β-unsaturated/α-hetero) is 1. The number of rotatable bonds is 3. The fraction of sp³-hybridized carbons (Fsp3) is 0.400. The molecule has 2 rings (SSSR count). The number of allylic oxidation sites excluding steroid dienone is 2. The number of halogens is 2. The number of hydrogen-bond acceptors (Lipinski definition) is 1. The van der Waals surface area contributed by atoms with Crippen LogP contribution in [-0.4, -0.2) is 5.78 Å². The second-order valence-corrected chi connectivity index (χ2v) is 4.99. The normalized spacial score (nSPS) is 19.5. The third kappa shape index (κ3) is 3.25. The molecule has 0 amide bonds. The van der Waals surface area contributed by atoms with Gasteiger partial charge in [0.05, 0.1) is 0 Å². The largest absolute Gasteiger partial charge is 0.294 e. The van der Waals surface area contributed by atoms with Crippen molar-refractivity contribution >= 4 is 5.78 Å². The van der Waals surface area contributed by atoms with E-state index in [1.807, 2.05) is 6.08 Å². The number of benzene rings is 1. The number of carbonyl (C=O) groups is 1. The van der Waals surface area contributed by atoms with E-state index in [0.717, 1.165) is 30.9 Å². The van der Waals surface area contributed by atoms with E-state index < -0.39 is 11.6 Å². The van der Waals surface area contributed by atoms with E-state index in [2.05, 4.69) is 6.92 Å². The van der Waals surface area contributed by atoms with Gasteiger partial charge < -0.3 is 0 Å². The summed E-state index contributed by atoms with van der Waals surface area (Å²) in [5.41, 5.74) is 1.20. The summed E-state index contributed by atoms with van der Waals surface area (Å²) < 4.78 is 26.0. The van der Waals surface area contributed by atoms with Crippen LogP contribution >= 0.6 is 0 Å². The molecule has 0 bridgehead atoms. The third-order valence-electron chi connectivity index (χ3n) is 3.32. The minimum Gasteiger partial charge on any atom is -0.294 e. The van der Waals surface area contributed by atoms with Crippen molar-refractivity contribution in [2.24, 2.45) is 5.92 Å². The van der Waals surface area contributed by atoms with Gasteiger partial charge in [-0.2, -0.15) is 0 Å². The minimum atomic E-state index is -0.635. The van der Waals surface area contributed by atoms with E-state index in [1.54, 1.807) is 0 Å². The Bertz CT molecular complexity index is 471. The van der Waals surface area contributed by atoms with Gasteiger partial charge in [-0.1, -0.05) is 13.0 Å². The van der Waals surface area contributed by atoms with Crippen molar-refractivity contribution < 1.29 is 13.6 Å². The predicted octanol–water partition coefficient (Wildman–Crippen LogP) is 3.82. The lowest BCUT2D eigenvalue weighted by Crippen LogP contribution is -2.12. The van der Waals surface area contributed by atoms with Crippen LogP contribution in [0.3, 0.4) is 0 Å². The fourth-order valence-corrected chi connectivity index (χ4v) is 2.23. The highest BCUT2D eigenvalue weighted by molar-refractivity contribution is 5.96. The van der Waals surface area contributed by atoms with Crippen LogP contribution in [-0.2, 0) is 11.2 Å². The van der Waals surface area contributed by atoms with Crippen molar-refractivity contribution in [1.29, 1.82) is 0 Å². The van der Waals surface area contributed by atoms with Gasteiger partial charge in [0, 0.05) is 12.5 Å². The Kier molecular flexibility index (Phi) is 3.90. The Balaban J connectivity index is 2.07. The molecular formula is C15H16F2O. The monoisotopic (exact) mass is 250 g/mol. The van der Waals surface area contributed by atoms with Crippen LogP contribution in [0.1, 0.15) is 31.7 Å². The Hall–Kier alpha value is -1.51. The maximum absolute atomic E-state index is 13.0. The highest BCUT2D eigenvalue weighted by atomic mass is 19.1. The summed E-state index contributed by atoms with van der Waals surface area (Å²) in [5, 5.41) is 0. The molecule has 1 aliphatic rings. The smallest absolute Gasteiger partial charge is 0.162 e. The minimum absolute atomic E-state index is 0.0214. The maximum atomic E-state index is 13.0. The quantitative estimate of drug-likeness (QED) is 0.797. The van der Waals surface area contributed by atoms with Gasteiger partial charge >= 0.3 is 0 Å². The predicted molar refractivity (Wildman–Crippen MR) is 66.2 cm³/mol. The summed E-state index contributed by atoms with van der Waals surface area (Å²) in [6, 6.07) is 3.25. The molecule has 0 aromatic heterocycles. The van der Waals surface area contributed by atoms with E-state index in [4.69, 9.17) is 0 Å². The second-order valence-electron chi connectivity index (χ2n) is 4.99. The molecule has 1 unspecified atom stereocenters. The van der Waals surface area contributed by atoms with Crippen LogP contribution in [0.2, 0.25) is 0 Å². The topological polar surface area (TPSA) is 17.1 Å². The summed E-state index contributed by atoms with van der Waals surface area (Å²) in [5.74, 6) is -0.673. The molecule has 3 heteroatoms. The number of carbonyl (C=O) groups excluding carboxylic acids is 1. The van der Waals surface area contributed by atoms with Crippen LogP contribution in [0.25, 0.3) is 0 Å². The maximum Gasteiger partial charge on any atom is 0.162 e. The zero-order valence-corrected chi connectivity index (χ0v) is 10.4. The van der Waals surface area contributed by atoms with Crippen molar-refractivity contribution in [2.45, 2.75) is 32.6 Å². The summed E-state index contributed by atoms with van der Waals surface area (Å²) >= 11 is 0. The molecule has 0 radical (unpaired) electrons. The SMILES string of the molecule is CC1CC=C(C(=O)Cc2cc(F)cc(F)c2)CC1. The van der Waals surface area contributed by atoms with Gasteiger partial charge in [-0.25, -0.2) is 8.78 Å². The van der Waals surface area contributed by atoms with E-state index in [1.165, 1.54) is 12.1 Å². The first-order valence-electron chi connectivity index (χ1n) is 6.22. The summed E-state index contributed by atoms with van der Waals surface area (Å²) in [6.45, 7) is 2.15. The standard InChI is InChI=1S/C15H16F2O/c1-10-2-4-12(5-3-10)15(18)8-11-6-13(16)9-14(17)7-11/h4,6-7,9-10H,2-3,5,8H2,1H3. The van der Waals surface area contributed by atoms with Gasteiger partial charge in [-0.05, 0) is 48.4 Å². The lowest BCUT2D eigenvalue weighted by molar-refractivity contribution is -0.115. The molecule has 0 saturated carbocycles. The number of ketones is 1. The van der Waals surface area contributed by atoms with Crippen LogP contribution < -0.4 is 0 Å². The Morgan fingerprint density at radius 2 is 1.94 bits per heavy atom. The van der Waals surface area contributed by atoms with E-state index >= 15 is 0 Å². The van der Waals surface area contributed by atoms with Crippen LogP contribution in [0, 0.1) is 17.6 Å². The molecule has 1 nitrogen and oxygen atoms in total. The molecule has 0 N–H and O–H groups in total. The first-order valence-corrected chi connectivity index (χ1v) is 6.22. The molecule has 96 valence electrons. The third-order valence-corrected chi connectivity index (χ3v) is 3.32. The van der Waals surface area contributed by atoms with E-state index in [0.29, 0.717) is 11.5 Å². The average molecular weight is 250 g/mol. The summed E-state index contributed by atoms with van der Waals surface area (Å²) in [7, 11) is 0. The summed E-state index contributed by atoms with van der Waals surface area (Å²) in [4.78, 5) is 12.0. The molecule has 1 aliphatic carbocycles. The Morgan fingerprint density at radius 1 is 1.28 bits per heavy atom. The molecule has 0 saturated heterocycles. The average Bonchev–Trinajstić information content (AvgIpc) is 2.28. The molecule has 0 heterocycles. The van der Waals surface area contributed by atoms with E-state index in [-0.39, 0.29) is 12.2 Å². The molecular weight excluding hydrogens is 234 g/mol. The Labute approximate surface area is 106 Å². The Morgan fingerprint density at radius 3 is 2.50 bits per heavy atom. The van der Waals surface area contributed by atoms with Crippen molar-refractivity contribution in [1.82, 2.24) is 0 Å². The summed E-state index contributed by atoms with van der Waals surface area (Å²) in [6.07, 6.45) is 4.74. The molecule has 1 aromatic rings. The van der Waals surface area contributed by atoms with Gasteiger partial charge in [0.2, 0.25) is 0 Å². The van der Waals surface area contributed by atoms with Crippen molar-refractivity contribution in [3.63, 3.8) is 0 Å². The highest BCUT2D eigenvalue weighted by Crippen LogP contribution is 2.24. The van der Waals surface area contributed by atoms with Crippen molar-refractivity contribution in [3.05, 3.63) is 47.0 Å². The fourth-order valence-electron chi connectivity index (χ4n) is 2.23. The van der Waals surface area contributed by atoms with Crippen LogP contribution in [0.5, 0.6) is 0 Å². The van der Waals surface area contributed by atoms with Gasteiger partial charge in [-0.3, -0.25) is 4.79 Å². The second kappa shape index (κ2) is 5.42. The zero-order valence-electron chi connectivity index (χ0n) is 10.4. The lowest BCUT2D eigenvalue weighted by atomic mass is 9.88. The van der Waals surface area contributed by atoms with Crippen molar-refractivity contribution in [3.8, 4) is 0 Å². The first-order chi connectivity index (χ1) is 8.54. The van der Waals surface area contributed by atoms with Gasteiger partial charge in [-0.15, -0.1) is 0 Å². The van der Waals surface area contributed by atoms with Gasteiger partial charge in [0.15, 0.2) is 5.78 Å². The molecule has 1 atom stereocenters. The van der Waals surface area contributed by atoms with Crippen LogP contribution in [0.4, 0.5) is 8.78 Å². The van der Waals surface area contributed by atoms with E-state index in [9.17, 15) is 13.6 Å². The first kappa shape index (κ1) is 12.9. The van der Waals surface area contributed by atoms with Crippen molar-refractivity contribution in [2.75, 3.05) is 0 Å². The molecule has 18 heavy (non-hydrogen) atoms. The number of hydrogen-bond donors (Lipinski definition) is 0.